The van der Waals surface area contributed by atoms with Gasteiger partial charge in [-0.2, -0.15) is 0 Å². The van der Waals surface area contributed by atoms with E-state index in [9.17, 15) is 30.3 Å². The Labute approximate surface area is 182 Å². The van der Waals surface area contributed by atoms with Gasteiger partial charge in [0.25, 0.3) is 0 Å². The lowest BCUT2D eigenvalue weighted by Gasteiger charge is -2.52. The smallest absolute Gasteiger partial charge is 0.423 e. The first-order chi connectivity index (χ1) is 14.4. The second kappa shape index (κ2) is 7.85. The molecule has 0 bridgehead atoms. The summed E-state index contributed by atoms with van der Waals surface area (Å²) in [5.74, 6) is -5.51. The molecular weight excluding hydrogens is 432 g/mol. The first-order valence-electron chi connectivity index (χ1n) is 9.84. The zero-order chi connectivity index (χ0) is 24.3. The maximum atomic E-state index is 12.9. The molecule has 2 aliphatic heterocycles. The fourth-order valence-corrected chi connectivity index (χ4v) is 4.50. The number of ketones is 1. The van der Waals surface area contributed by atoms with Crippen LogP contribution in [0.4, 0.5) is 0 Å². The number of nitrogens with zero attached hydrogens (tertiary/aromatic N) is 1. The van der Waals surface area contributed by atoms with Crippen LogP contribution in [0.3, 0.4) is 0 Å². The normalized spacial score (nSPS) is 26.0. The largest absolute Gasteiger partial charge is 0.453 e. The van der Waals surface area contributed by atoms with Crippen molar-refractivity contribution in [1.82, 2.24) is 4.90 Å². The lowest BCUT2D eigenvalue weighted by Crippen LogP contribution is -2.69. The Balaban J connectivity index is 2.10. The first-order valence-corrected chi connectivity index (χ1v) is 9.84. The van der Waals surface area contributed by atoms with Gasteiger partial charge in [-0.25, -0.2) is 5.73 Å². The van der Waals surface area contributed by atoms with Crippen LogP contribution in [0.1, 0.15) is 37.4 Å². The summed E-state index contributed by atoms with van der Waals surface area (Å²) in [6.07, 6.45) is -6.67. The van der Waals surface area contributed by atoms with Crippen molar-refractivity contribution in [3.05, 3.63) is 23.3 Å². The van der Waals surface area contributed by atoms with E-state index in [0.717, 1.165) is 12.1 Å². The highest BCUT2D eigenvalue weighted by molar-refractivity contribution is 5.95. The molecule has 0 aliphatic carbocycles. The molecule has 1 aromatic carbocycles. The zero-order valence-corrected chi connectivity index (χ0v) is 17.5. The molecule has 1 aromatic rings. The molecule has 2 unspecified atom stereocenters. The number of piperidine rings is 1. The summed E-state index contributed by atoms with van der Waals surface area (Å²) >= 11 is 0. The number of benzene rings is 1. The van der Waals surface area contributed by atoms with Gasteiger partial charge in [-0.3, -0.25) is 9.69 Å². The molecule has 180 valence electrons. The van der Waals surface area contributed by atoms with Gasteiger partial charge >= 0.3 is 12.3 Å². The van der Waals surface area contributed by atoms with Gasteiger partial charge in [-0.1, -0.05) is 13.8 Å². The van der Waals surface area contributed by atoms with Crippen molar-refractivity contribution in [2.24, 2.45) is 11.7 Å². The maximum absolute atomic E-state index is 12.9. The molecule has 13 nitrogen and oxygen atoms in total. The van der Waals surface area contributed by atoms with Gasteiger partial charge < -0.3 is 50.3 Å². The predicted molar refractivity (Wildman–Crippen MR) is 103 cm³/mol. The highest BCUT2D eigenvalue weighted by Gasteiger charge is 2.61. The number of aliphatic hydroxyl groups is 8. The molecule has 3 rings (SSSR count). The molecular formula is C19H28N2O11. The second-order valence-corrected chi connectivity index (χ2v) is 8.74. The van der Waals surface area contributed by atoms with Gasteiger partial charge in [0, 0.05) is 13.1 Å². The van der Waals surface area contributed by atoms with E-state index in [4.69, 9.17) is 25.8 Å². The van der Waals surface area contributed by atoms with Crippen LogP contribution < -0.4 is 15.2 Å². The molecule has 2 atom stereocenters. The molecule has 2 aliphatic rings. The molecule has 0 saturated carbocycles. The van der Waals surface area contributed by atoms with Crippen molar-refractivity contribution in [2.45, 2.75) is 56.4 Å². The third kappa shape index (κ3) is 4.87. The molecule has 32 heavy (non-hydrogen) atoms. The molecule has 0 spiro atoms. The van der Waals surface area contributed by atoms with Crippen LogP contribution in [0.25, 0.3) is 0 Å². The van der Waals surface area contributed by atoms with E-state index in [-0.39, 0.29) is 37.4 Å². The van der Waals surface area contributed by atoms with Gasteiger partial charge in [0.2, 0.25) is 11.6 Å². The summed E-state index contributed by atoms with van der Waals surface area (Å²) in [5.41, 5.74) is 3.44. The minimum Gasteiger partial charge on any atom is -0.423 e. The summed E-state index contributed by atoms with van der Waals surface area (Å²) in [7, 11) is 0. The minimum absolute atomic E-state index is 0.00220. The van der Waals surface area contributed by atoms with Crippen molar-refractivity contribution in [2.75, 3.05) is 13.1 Å². The maximum Gasteiger partial charge on any atom is 0.453 e. The van der Waals surface area contributed by atoms with Crippen molar-refractivity contribution in [1.29, 1.82) is 0 Å². The molecule has 1 saturated heterocycles. The summed E-state index contributed by atoms with van der Waals surface area (Å²) in [5, 5.41) is 78.7. The van der Waals surface area contributed by atoms with Crippen LogP contribution in [-0.2, 0) is 11.2 Å². The van der Waals surface area contributed by atoms with Crippen LogP contribution >= 0.6 is 0 Å². The van der Waals surface area contributed by atoms with Crippen LogP contribution in [0, 0.1) is 5.92 Å². The number of fused-ring (bicyclic) bond motifs is 3. The lowest BCUT2D eigenvalue weighted by molar-refractivity contribution is -0.420. The van der Waals surface area contributed by atoms with Crippen LogP contribution in [0.15, 0.2) is 12.1 Å². The Morgan fingerprint density at radius 3 is 2.25 bits per heavy atom. The lowest BCUT2D eigenvalue weighted by atomic mass is 9.73. The molecule has 0 radical (unpaired) electrons. The fourth-order valence-electron chi connectivity index (χ4n) is 4.50. The number of nitrogens with two attached hydrogens (primary N) is 1. The number of hydrogen-bond donors (Lipinski definition) is 9. The number of Topliss-reactive ketones (excluding diaryl/α,β-unsaturated/α-hetero) is 1. The van der Waals surface area contributed by atoms with Gasteiger partial charge in [0.15, 0.2) is 11.5 Å². The quantitative estimate of drug-likeness (QED) is 0.188. The highest BCUT2D eigenvalue weighted by atomic mass is 16.9. The monoisotopic (exact) mass is 460 g/mol. The van der Waals surface area contributed by atoms with Gasteiger partial charge in [-0.05, 0) is 42.0 Å². The van der Waals surface area contributed by atoms with Gasteiger partial charge in [0.1, 0.15) is 5.60 Å². The molecule has 0 amide bonds. The third-order valence-electron chi connectivity index (χ3n) is 5.39. The van der Waals surface area contributed by atoms with Crippen molar-refractivity contribution in [3.8, 4) is 11.5 Å². The van der Waals surface area contributed by atoms with Crippen molar-refractivity contribution >= 4 is 5.78 Å². The Hall–Kier alpha value is -1.91. The van der Waals surface area contributed by atoms with Crippen LogP contribution in [-0.4, -0.2) is 88.3 Å². The van der Waals surface area contributed by atoms with Gasteiger partial charge in [-0.15, -0.1) is 0 Å². The first kappa shape index (κ1) is 24.7. The molecule has 1 fully saturated rings. The molecule has 13 heteroatoms. The van der Waals surface area contributed by atoms with Crippen LogP contribution in [0.5, 0.6) is 11.5 Å². The molecule has 0 aromatic heterocycles. The van der Waals surface area contributed by atoms with E-state index >= 15 is 0 Å². The fraction of sp³-hybridized carbons (Fsp3) is 0.632. The van der Waals surface area contributed by atoms with Gasteiger partial charge in [0.05, 0.1) is 6.04 Å². The predicted octanol–water partition coefficient (Wildman–Crippen LogP) is -3.47. The molecule has 2 heterocycles. The van der Waals surface area contributed by atoms with E-state index in [1.54, 1.807) is 13.8 Å². The summed E-state index contributed by atoms with van der Waals surface area (Å²) < 4.78 is 9.28. The number of carbonyl (C=O) groups excluding carboxylic acids is 1. The average Bonchev–Trinajstić information content (AvgIpc) is 2.57. The topological polar surface area (TPSA) is 227 Å². The van der Waals surface area contributed by atoms with E-state index in [0.29, 0.717) is 5.56 Å². The summed E-state index contributed by atoms with van der Waals surface area (Å²) in [6.45, 7) is 3.55. The van der Waals surface area contributed by atoms with Crippen LogP contribution in [0.2, 0.25) is 0 Å². The Morgan fingerprint density at radius 2 is 1.72 bits per heavy atom. The van der Waals surface area contributed by atoms with E-state index in [1.165, 1.54) is 4.90 Å². The Kier molecular flexibility index (Phi) is 6.06. The Morgan fingerprint density at radius 1 is 1.12 bits per heavy atom. The van der Waals surface area contributed by atoms with Crippen molar-refractivity contribution in [3.63, 3.8) is 0 Å². The number of carbonyl (C=O) groups is 1. The SMILES string of the molecule is CC(C)CC1(O)CN2CCc3cc(OC(O)(O)O)c(OC(N)(O)O)cc3C2C(O)(O)C1=O. The number of hydrogen-bond acceptors (Lipinski definition) is 13. The second-order valence-electron chi connectivity index (χ2n) is 8.74. The standard InChI is InChI=1S/C19H28N2O11/c1-9(2)7-16(23)8-21-4-3-10-5-12(32-19(28,29)30)13(31-18(20,26)27)6-11(10)14(21)17(24,25)15(16)22/h5-6,9,14,23-30H,3-4,7-8,20H2,1-2H3. The number of rotatable bonds is 6. The van der Waals surface area contributed by atoms with E-state index in [2.05, 4.69) is 4.74 Å². The average molecular weight is 460 g/mol. The minimum atomic E-state index is -3.65. The van der Waals surface area contributed by atoms with Crippen molar-refractivity contribution < 1.29 is 55.1 Å². The number of ether oxygens (including phenoxy) is 2. The zero-order valence-electron chi connectivity index (χ0n) is 17.5. The molecule has 10 N–H and O–H groups in total. The summed E-state index contributed by atoms with van der Waals surface area (Å²) in [4.78, 5) is 14.4. The highest BCUT2D eigenvalue weighted by Crippen LogP contribution is 2.47. The van der Waals surface area contributed by atoms with E-state index < -0.39 is 47.0 Å². The third-order valence-corrected chi connectivity index (χ3v) is 5.39. The summed E-state index contributed by atoms with van der Waals surface area (Å²) in [6, 6.07) is 0.776. The Bertz CT molecular complexity index is 890. The van der Waals surface area contributed by atoms with E-state index in [1.807, 2.05) is 0 Å².